The van der Waals surface area contributed by atoms with Gasteiger partial charge in [-0.15, -0.1) is 0 Å². The van der Waals surface area contributed by atoms with Gasteiger partial charge in [0.05, 0.1) is 6.04 Å². The van der Waals surface area contributed by atoms with E-state index in [0.717, 1.165) is 5.56 Å². The van der Waals surface area contributed by atoms with E-state index in [-0.39, 0.29) is 6.04 Å². The fourth-order valence-electron chi connectivity index (χ4n) is 2.22. The molecule has 94 valence electrons. The second kappa shape index (κ2) is 5.80. The Morgan fingerprint density at radius 2 is 1.78 bits per heavy atom. The number of rotatable bonds is 4. The van der Waals surface area contributed by atoms with Crippen molar-refractivity contribution in [3.8, 4) is 0 Å². The fourth-order valence-corrected chi connectivity index (χ4v) is 2.22. The lowest BCUT2D eigenvalue weighted by Gasteiger charge is -2.18. The van der Waals surface area contributed by atoms with Crippen LogP contribution in [0, 0.1) is 6.92 Å². The Morgan fingerprint density at radius 3 is 2.33 bits per heavy atom. The Balaban J connectivity index is 2.32. The normalized spacial score (nSPS) is 12.4. The molecule has 0 fully saturated rings. The van der Waals surface area contributed by atoms with E-state index in [4.69, 9.17) is 5.73 Å². The summed E-state index contributed by atoms with van der Waals surface area (Å²) in [4.78, 5) is 0. The SMILES string of the molecule is CNC(c1ccc(CN)cc1)c1cccc(C)c1. The van der Waals surface area contributed by atoms with Crippen molar-refractivity contribution in [1.82, 2.24) is 5.32 Å². The van der Waals surface area contributed by atoms with Crippen LogP contribution in [0.25, 0.3) is 0 Å². The van der Waals surface area contributed by atoms with Gasteiger partial charge in [0.25, 0.3) is 0 Å². The van der Waals surface area contributed by atoms with E-state index in [1.807, 2.05) is 7.05 Å². The Morgan fingerprint density at radius 1 is 1.06 bits per heavy atom. The lowest BCUT2D eigenvalue weighted by molar-refractivity contribution is 0.691. The second-order valence-corrected chi connectivity index (χ2v) is 4.58. The molecule has 0 aromatic heterocycles. The van der Waals surface area contributed by atoms with Gasteiger partial charge in [-0.25, -0.2) is 0 Å². The molecule has 0 aliphatic rings. The highest BCUT2D eigenvalue weighted by atomic mass is 14.9. The maximum atomic E-state index is 5.62. The molecule has 0 spiro atoms. The van der Waals surface area contributed by atoms with Gasteiger partial charge in [-0.2, -0.15) is 0 Å². The Bertz CT molecular complexity index is 503. The van der Waals surface area contributed by atoms with Crippen LogP contribution < -0.4 is 11.1 Å². The summed E-state index contributed by atoms with van der Waals surface area (Å²) in [5.41, 5.74) is 10.6. The molecule has 2 nitrogen and oxygen atoms in total. The maximum Gasteiger partial charge on any atom is 0.0574 e. The van der Waals surface area contributed by atoms with Crippen molar-refractivity contribution in [2.45, 2.75) is 19.5 Å². The van der Waals surface area contributed by atoms with E-state index in [0.29, 0.717) is 6.54 Å². The Labute approximate surface area is 109 Å². The van der Waals surface area contributed by atoms with Crippen LogP contribution in [0.5, 0.6) is 0 Å². The molecular formula is C16H20N2. The quantitative estimate of drug-likeness (QED) is 0.862. The first-order valence-electron chi connectivity index (χ1n) is 6.27. The molecule has 2 aromatic rings. The van der Waals surface area contributed by atoms with Gasteiger partial charge in [-0.05, 0) is 30.7 Å². The minimum atomic E-state index is 0.233. The van der Waals surface area contributed by atoms with Crippen molar-refractivity contribution in [2.75, 3.05) is 7.05 Å². The van der Waals surface area contributed by atoms with Gasteiger partial charge < -0.3 is 11.1 Å². The van der Waals surface area contributed by atoms with Gasteiger partial charge in [0.2, 0.25) is 0 Å². The number of nitrogens with one attached hydrogen (secondary N) is 1. The van der Waals surface area contributed by atoms with Crippen molar-refractivity contribution in [2.24, 2.45) is 5.73 Å². The first-order chi connectivity index (χ1) is 8.74. The molecule has 0 amide bonds. The summed E-state index contributed by atoms with van der Waals surface area (Å²) in [6.45, 7) is 2.71. The molecule has 1 atom stereocenters. The van der Waals surface area contributed by atoms with Crippen LogP contribution >= 0.6 is 0 Å². The molecule has 0 saturated carbocycles. The van der Waals surface area contributed by atoms with Crippen LogP contribution in [0.1, 0.15) is 28.3 Å². The zero-order chi connectivity index (χ0) is 13.0. The third kappa shape index (κ3) is 2.78. The number of nitrogens with two attached hydrogens (primary N) is 1. The zero-order valence-corrected chi connectivity index (χ0v) is 11.0. The number of benzene rings is 2. The summed E-state index contributed by atoms with van der Waals surface area (Å²) < 4.78 is 0. The summed E-state index contributed by atoms with van der Waals surface area (Å²) in [5.74, 6) is 0. The van der Waals surface area contributed by atoms with Gasteiger partial charge in [-0.1, -0.05) is 54.1 Å². The van der Waals surface area contributed by atoms with Crippen LogP contribution in [0.2, 0.25) is 0 Å². The van der Waals surface area contributed by atoms with Crippen LogP contribution in [0.4, 0.5) is 0 Å². The summed E-state index contributed by atoms with van der Waals surface area (Å²) >= 11 is 0. The average Bonchev–Trinajstić information content (AvgIpc) is 2.40. The van der Waals surface area contributed by atoms with Crippen LogP contribution in [-0.4, -0.2) is 7.05 Å². The van der Waals surface area contributed by atoms with Crippen molar-refractivity contribution in [3.63, 3.8) is 0 Å². The predicted octanol–water partition coefficient (Wildman–Crippen LogP) is 2.76. The summed E-state index contributed by atoms with van der Waals surface area (Å²) in [7, 11) is 1.99. The average molecular weight is 240 g/mol. The predicted molar refractivity (Wildman–Crippen MR) is 76.4 cm³/mol. The number of hydrogen-bond donors (Lipinski definition) is 2. The zero-order valence-electron chi connectivity index (χ0n) is 11.0. The van der Waals surface area contributed by atoms with E-state index in [2.05, 4.69) is 60.8 Å². The first-order valence-corrected chi connectivity index (χ1v) is 6.27. The number of aryl methyl sites for hydroxylation is 1. The van der Waals surface area contributed by atoms with Crippen molar-refractivity contribution in [3.05, 3.63) is 70.8 Å². The summed E-state index contributed by atoms with van der Waals surface area (Å²) in [6.07, 6.45) is 0. The standard InChI is InChI=1S/C16H20N2/c1-12-4-3-5-15(10-12)16(18-2)14-8-6-13(11-17)7-9-14/h3-10,16,18H,11,17H2,1-2H3. The summed E-state index contributed by atoms with van der Waals surface area (Å²) in [5, 5.41) is 3.37. The molecule has 18 heavy (non-hydrogen) atoms. The van der Waals surface area contributed by atoms with Crippen molar-refractivity contribution in [1.29, 1.82) is 0 Å². The molecule has 0 radical (unpaired) electrons. The third-order valence-electron chi connectivity index (χ3n) is 3.21. The van der Waals surface area contributed by atoms with E-state index >= 15 is 0 Å². The molecule has 0 heterocycles. The molecule has 2 heteroatoms. The minimum Gasteiger partial charge on any atom is -0.326 e. The lowest BCUT2D eigenvalue weighted by atomic mass is 9.97. The molecule has 0 aliphatic heterocycles. The minimum absolute atomic E-state index is 0.233. The fraction of sp³-hybridized carbons (Fsp3) is 0.250. The highest BCUT2D eigenvalue weighted by Crippen LogP contribution is 2.22. The first kappa shape index (κ1) is 12.8. The topological polar surface area (TPSA) is 38.0 Å². The highest BCUT2D eigenvalue weighted by molar-refractivity contribution is 5.35. The highest BCUT2D eigenvalue weighted by Gasteiger charge is 2.11. The van der Waals surface area contributed by atoms with Crippen LogP contribution in [0.3, 0.4) is 0 Å². The van der Waals surface area contributed by atoms with Gasteiger partial charge in [0.1, 0.15) is 0 Å². The second-order valence-electron chi connectivity index (χ2n) is 4.58. The lowest BCUT2D eigenvalue weighted by Crippen LogP contribution is -2.17. The third-order valence-corrected chi connectivity index (χ3v) is 3.21. The van der Waals surface area contributed by atoms with E-state index < -0.39 is 0 Å². The molecule has 3 N–H and O–H groups in total. The van der Waals surface area contributed by atoms with Crippen LogP contribution in [-0.2, 0) is 6.54 Å². The Kier molecular flexibility index (Phi) is 4.13. The molecule has 0 bridgehead atoms. The smallest absolute Gasteiger partial charge is 0.0574 e. The molecule has 0 aliphatic carbocycles. The van der Waals surface area contributed by atoms with E-state index in [1.165, 1.54) is 16.7 Å². The van der Waals surface area contributed by atoms with Gasteiger partial charge >= 0.3 is 0 Å². The molecule has 0 saturated heterocycles. The van der Waals surface area contributed by atoms with E-state index in [1.54, 1.807) is 0 Å². The van der Waals surface area contributed by atoms with Crippen molar-refractivity contribution < 1.29 is 0 Å². The maximum absolute atomic E-state index is 5.62. The monoisotopic (exact) mass is 240 g/mol. The Hall–Kier alpha value is -1.64. The molecule has 2 rings (SSSR count). The largest absolute Gasteiger partial charge is 0.326 e. The summed E-state index contributed by atoms with van der Waals surface area (Å²) in [6, 6.07) is 17.3. The van der Waals surface area contributed by atoms with Gasteiger partial charge in [0.15, 0.2) is 0 Å². The molecule has 1 unspecified atom stereocenters. The van der Waals surface area contributed by atoms with Gasteiger partial charge in [0, 0.05) is 6.54 Å². The molecule has 2 aromatic carbocycles. The van der Waals surface area contributed by atoms with Gasteiger partial charge in [-0.3, -0.25) is 0 Å². The molecular weight excluding hydrogens is 220 g/mol. The van der Waals surface area contributed by atoms with Crippen LogP contribution in [0.15, 0.2) is 48.5 Å². The van der Waals surface area contributed by atoms with E-state index in [9.17, 15) is 0 Å². The number of hydrogen-bond acceptors (Lipinski definition) is 2. The van der Waals surface area contributed by atoms with Crippen molar-refractivity contribution >= 4 is 0 Å².